The Labute approximate surface area is 155 Å². The molecule has 0 aromatic heterocycles. The minimum atomic E-state index is -4.59. The molecule has 1 aliphatic rings. The van der Waals surface area contributed by atoms with Gasteiger partial charge in [0.25, 0.3) is 0 Å². The van der Waals surface area contributed by atoms with Crippen LogP contribution in [0.1, 0.15) is 0 Å². The first kappa shape index (κ1) is 20.4. The molecule has 2 aromatic rings. The zero-order chi connectivity index (χ0) is 21.8. The molecule has 0 N–H and O–H groups in total. The summed E-state index contributed by atoms with van der Waals surface area (Å²) < 4.78 is 128. The van der Waals surface area contributed by atoms with Crippen LogP contribution < -0.4 is 9.64 Å². The molecule has 0 radical (unpaired) electrons. The summed E-state index contributed by atoms with van der Waals surface area (Å²) in [5, 5.41) is 0. The molecule has 0 aliphatic carbocycles. The number of anilines is 1. The number of hydrogen-bond donors (Lipinski definition) is 0. The number of hydrogen-bond acceptors (Lipinski definition) is 2. The first-order chi connectivity index (χ1) is 13.4. The normalized spacial score (nSPS) is 15.0. The smallest absolute Gasteiger partial charge is 0.423 e. The fourth-order valence-corrected chi connectivity index (χ4v) is 2.65. The van der Waals surface area contributed by atoms with Crippen molar-refractivity contribution in [3.8, 4) is 29.2 Å². The van der Waals surface area contributed by atoms with Gasteiger partial charge in [0.15, 0.2) is 34.8 Å². The molecular weight excluding hydrogens is 421 g/mol. The summed E-state index contributed by atoms with van der Waals surface area (Å²) in [6.45, 7) is -1.01. The van der Waals surface area contributed by atoms with Gasteiger partial charge >= 0.3 is 12.0 Å². The largest absolute Gasteiger partial charge is 0.483 e. The predicted molar refractivity (Wildman–Crippen MR) is 78.3 cm³/mol. The monoisotopic (exact) mass is 425 g/mol. The molecule has 29 heavy (non-hydrogen) atoms. The predicted octanol–water partition coefficient (Wildman–Crippen LogP) is 4.28. The van der Waals surface area contributed by atoms with Crippen molar-refractivity contribution in [1.29, 1.82) is 0 Å². The summed E-state index contributed by atoms with van der Waals surface area (Å²) in [4.78, 5) is 11.7. The maximum atomic E-state index is 14.9. The fraction of sp³-hybridized carbons (Fsp3) is 0.118. The molecule has 1 heterocycles. The van der Waals surface area contributed by atoms with Crippen LogP contribution in [0.25, 0.3) is 11.1 Å². The van der Waals surface area contributed by atoms with Gasteiger partial charge in [-0.3, -0.25) is 9.69 Å². The lowest BCUT2D eigenvalue weighted by molar-refractivity contribution is -0.192. The summed E-state index contributed by atoms with van der Waals surface area (Å²) in [6.07, 6.45) is 0.326. The second kappa shape index (κ2) is 6.61. The number of alkyl halides is 2. The number of halogens is 9. The van der Waals surface area contributed by atoms with Crippen LogP contribution >= 0.6 is 0 Å². The average molecular weight is 425 g/mol. The van der Waals surface area contributed by atoms with Crippen LogP contribution in [0.3, 0.4) is 0 Å². The van der Waals surface area contributed by atoms with Crippen molar-refractivity contribution in [3.05, 3.63) is 46.8 Å². The van der Waals surface area contributed by atoms with E-state index in [9.17, 15) is 44.3 Å². The van der Waals surface area contributed by atoms with E-state index in [1.165, 1.54) is 0 Å². The number of rotatable bonds is 2. The Morgan fingerprint density at radius 1 is 0.897 bits per heavy atom. The Balaban J connectivity index is 2.41. The molecule has 0 bridgehead atoms. The van der Waals surface area contributed by atoms with Crippen molar-refractivity contribution in [2.24, 2.45) is 0 Å². The van der Waals surface area contributed by atoms with Gasteiger partial charge in [-0.25, -0.2) is 30.7 Å². The van der Waals surface area contributed by atoms with Crippen LogP contribution in [-0.4, -0.2) is 18.6 Å². The Kier molecular flexibility index (Phi) is 4.64. The van der Waals surface area contributed by atoms with Gasteiger partial charge in [0, 0.05) is 6.07 Å². The SMILES string of the molecule is C#CCN1C(=O)C(F)(F)Oc2cc(F)c(-c3c(F)c(F)c(F)c(F)c3F)c(F)c21. The maximum Gasteiger partial charge on any atom is 0.483 e. The molecule has 12 heteroatoms. The molecule has 3 nitrogen and oxygen atoms in total. The van der Waals surface area contributed by atoms with Gasteiger partial charge in [-0.05, 0) is 0 Å². The number of fused-ring (bicyclic) bond motifs is 1. The lowest BCUT2D eigenvalue weighted by Crippen LogP contribution is -2.51. The zero-order valence-corrected chi connectivity index (χ0v) is 13.5. The first-order valence-corrected chi connectivity index (χ1v) is 7.30. The van der Waals surface area contributed by atoms with Crippen molar-refractivity contribution < 1.29 is 49.0 Å². The zero-order valence-electron chi connectivity index (χ0n) is 13.5. The van der Waals surface area contributed by atoms with Crippen LogP contribution in [-0.2, 0) is 4.79 Å². The number of terminal acetylenes is 1. The van der Waals surface area contributed by atoms with Crippen LogP contribution in [0.2, 0.25) is 0 Å². The van der Waals surface area contributed by atoms with Gasteiger partial charge in [-0.2, -0.15) is 8.78 Å². The lowest BCUT2D eigenvalue weighted by Gasteiger charge is -2.33. The highest BCUT2D eigenvalue weighted by atomic mass is 19.3. The van der Waals surface area contributed by atoms with E-state index in [0.29, 0.717) is 0 Å². The third kappa shape index (κ3) is 2.84. The van der Waals surface area contributed by atoms with E-state index >= 15 is 0 Å². The molecule has 0 atom stereocenters. The second-order valence-electron chi connectivity index (χ2n) is 5.55. The summed E-state index contributed by atoms with van der Waals surface area (Å²) in [5.74, 6) is -18.6. The van der Waals surface area contributed by atoms with E-state index in [2.05, 4.69) is 4.74 Å². The summed E-state index contributed by atoms with van der Waals surface area (Å²) in [6, 6.07) is -0.00431. The molecular formula is C17H4F9NO2. The lowest BCUT2D eigenvalue weighted by atomic mass is 9.99. The summed E-state index contributed by atoms with van der Waals surface area (Å²) in [7, 11) is 0. The Bertz CT molecular complexity index is 1080. The van der Waals surface area contributed by atoms with Gasteiger partial charge < -0.3 is 4.74 Å². The molecule has 0 spiro atoms. The number of benzene rings is 2. The van der Waals surface area contributed by atoms with Gasteiger partial charge in [0.2, 0.25) is 5.82 Å². The number of amides is 1. The number of carbonyl (C=O) groups excluding carboxylic acids is 1. The van der Waals surface area contributed by atoms with Gasteiger partial charge in [0.05, 0.1) is 17.7 Å². The molecule has 0 saturated carbocycles. The third-order valence-electron chi connectivity index (χ3n) is 3.87. The van der Waals surface area contributed by atoms with Crippen LogP contribution in [0.5, 0.6) is 5.75 Å². The average Bonchev–Trinajstić information content (AvgIpc) is 2.64. The Morgan fingerprint density at radius 2 is 1.41 bits per heavy atom. The van der Waals surface area contributed by atoms with E-state index in [1.54, 1.807) is 5.92 Å². The molecule has 3 rings (SSSR count). The van der Waals surface area contributed by atoms with Crippen molar-refractivity contribution in [2.45, 2.75) is 6.11 Å². The maximum absolute atomic E-state index is 14.9. The van der Waals surface area contributed by atoms with Crippen molar-refractivity contribution >= 4 is 11.6 Å². The second-order valence-corrected chi connectivity index (χ2v) is 5.55. The van der Waals surface area contributed by atoms with Crippen LogP contribution in [0.15, 0.2) is 6.07 Å². The summed E-state index contributed by atoms with van der Waals surface area (Å²) >= 11 is 0. The Hall–Kier alpha value is -3.36. The molecule has 0 unspecified atom stereocenters. The number of ether oxygens (including phenoxy) is 1. The molecule has 2 aromatic carbocycles. The van der Waals surface area contributed by atoms with Crippen molar-refractivity contribution in [3.63, 3.8) is 0 Å². The first-order valence-electron chi connectivity index (χ1n) is 7.30. The number of carbonyl (C=O) groups is 1. The van der Waals surface area contributed by atoms with Gasteiger partial charge in [-0.1, -0.05) is 5.92 Å². The van der Waals surface area contributed by atoms with E-state index in [4.69, 9.17) is 6.42 Å². The molecule has 0 saturated heterocycles. The van der Waals surface area contributed by atoms with Crippen molar-refractivity contribution in [1.82, 2.24) is 0 Å². The van der Waals surface area contributed by atoms with E-state index in [0.717, 1.165) is 0 Å². The van der Waals surface area contributed by atoms with E-state index in [1.807, 2.05) is 0 Å². The minimum absolute atomic E-state index is 0.00431. The van der Waals surface area contributed by atoms with E-state index in [-0.39, 0.29) is 11.0 Å². The quantitative estimate of drug-likeness (QED) is 0.311. The minimum Gasteiger partial charge on any atom is -0.423 e. The molecule has 152 valence electrons. The highest BCUT2D eigenvalue weighted by Crippen LogP contribution is 2.46. The topological polar surface area (TPSA) is 29.5 Å². The molecule has 0 fully saturated rings. The summed E-state index contributed by atoms with van der Waals surface area (Å²) in [5.41, 5.74) is -5.08. The van der Waals surface area contributed by atoms with Gasteiger partial charge in [0.1, 0.15) is 11.5 Å². The fourth-order valence-electron chi connectivity index (χ4n) is 2.65. The molecule has 1 amide bonds. The Morgan fingerprint density at radius 3 is 1.93 bits per heavy atom. The number of nitrogens with zero attached hydrogens (tertiary/aromatic N) is 1. The van der Waals surface area contributed by atoms with Crippen LogP contribution in [0, 0.1) is 53.1 Å². The van der Waals surface area contributed by atoms with Crippen LogP contribution in [0.4, 0.5) is 45.2 Å². The van der Waals surface area contributed by atoms with Gasteiger partial charge in [-0.15, -0.1) is 6.42 Å². The van der Waals surface area contributed by atoms with E-state index < -0.39 is 81.8 Å². The standard InChI is InChI=1S/C17H4F9NO2/c1-2-3-27-15-6(29-17(25,26)16(27)28)4-5(18)7(11(15)21)8-9(19)12(22)14(24)13(23)10(8)20/h1,4H,3H2. The molecule has 1 aliphatic heterocycles. The third-order valence-corrected chi connectivity index (χ3v) is 3.87. The highest BCUT2D eigenvalue weighted by Gasteiger charge is 2.52. The van der Waals surface area contributed by atoms with Crippen molar-refractivity contribution in [2.75, 3.05) is 11.4 Å². The highest BCUT2D eigenvalue weighted by molar-refractivity contribution is 6.02.